The van der Waals surface area contributed by atoms with E-state index in [1.807, 2.05) is 0 Å². The van der Waals surface area contributed by atoms with E-state index in [2.05, 4.69) is 10.1 Å². The molecule has 106 valence electrons. The molecule has 3 rings (SSSR count). The summed E-state index contributed by atoms with van der Waals surface area (Å²) in [5, 5.41) is 3.77. The number of nitrogens with zero attached hydrogens (tertiary/aromatic N) is 2. The van der Waals surface area contributed by atoms with E-state index in [0.29, 0.717) is 11.4 Å². The smallest absolute Gasteiger partial charge is 0.264 e. The van der Waals surface area contributed by atoms with Crippen LogP contribution in [0, 0.1) is 11.6 Å². The summed E-state index contributed by atoms with van der Waals surface area (Å²) in [6.07, 6.45) is 0. The fourth-order valence-electron chi connectivity index (χ4n) is 1.73. The summed E-state index contributed by atoms with van der Waals surface area (Å²) in [5.74, 6) is -0.167. The highest BCUT2D eigenvalue weighted by atomic mass is 19.1. The standard InChI is InChI=1S/C15H10F2N2O2/c16-11-7-5-10(6-8-11)15-18-14(21-19-15)9-20-13-4-2-1-3-12(13)17/h1-8H,9H2. The molecule has 1 aromatic heterocycles. The number of ether oxygens (including phenoxy) is 1. The predicted molar refractivity (Wildman–Crippen MR) is 70.4 cm³/mol. The minimum atomic E-state index is -0.462. The monoisotopic (exact) mass is 288 g/mol. The van der Waals surface area contributed by atoms with Crippen LogP contribution >= 0.6 is 0 Å². The lowest BCUT2D eigenvalue weighted by Gasteiger charge is -2.03. The summed E-state index contributed by atoms with van der Waals surface area (Å²) in [6.45, 7) is -0.0465. The molecule has 0 atom stereocenters. The predicted octanol–water partition coefficient (Wildman–Crippen LogP) is 3.59. The summed E-state index contributed by atoms with van der Waals surface area (Å²) in [6, 6.07) is 11.7. The molecule has 0 spiro atoms. The molecule has 3 aromatic rings. The second kappa shape index (κ2) is 5.70. The van der Waals surface area contributed by atoms with Gasteiger partial charge in [0.1, 0.15) is 5.82 Å². The summed E-state index contributed by atoms with van der Waals surface area (Å²) in [4.78, 5) is 4.11. The van der Waals surface area contributed by atoms with Gasteiger partial charge in [0, 0.05) is 5.56 Å². The Hall–Kier alpha value is -2.76. The first-order valence-corrected chi connectivity index (χ1v) is 6.18. The van der Waals surface area contributed by atoms with Crippen molar-refractivity contribution in [3.05, 3.63) is 66.1 Å². The number of hydrogen-bond donors (Lipinski definition) is 0. The fraction of sp³-hybridized carbons (Fsp3) is 0.0667. The molecule has 0 amide bonds. The van der Waals surface area contributed by atoms with Crippen LogP contribution < -0.4 is 4.74 Å². The molecule has 0 unspecified atom stereocenters. The van der Waals surface area contributed by atoms with Crippen LogP contribution in [-0.4, -0.2) is 10.1 Å². The third kappa shape index (κ3) is 3.05. The van der Waals surface area contributed by atoms with Crippen molar-refractivity contribution < 1.29 is 18.0 Å². The number of rotatable bonds is 4. The number of benzene rings is 2. The first-order valence-electron chi connectivity index (χ1n) is 6.18. The maximum Gasteiger partial charge on any atom is 0.264 e. The third-order valence-corrected chi connectivity index (χ3v) is 2.76. The average Bonchev–Trinajstić information content (AvgIpc) is 2.96. The second-order valence-corrected chi connectivity index (χ2v) is 4.24. The lowest BCUT2D eigenvalue weighted by atomic mass is 10.2. The van der Waals surface area contributed by atoms with Crippen molar-refractivity contribution in [3.8, 4) is 17.1 Å². The molecule has 1 heterocycles. The highest BCUT2D eigenvalue weighted by Crippen LogP contribution is 2.19. The van der Waals surface area contributed by atoms with Crippen molar-refractivity contribution in [1.29, 1.82) is 0 Å². The Labute approximate surface area is 119 Å². The van der Waals surface area contributed by atoms with Gasteiger partial charge in [0.05, 0.1) is 0 Å². The minimum absolute atomic E-state index is 0.0465. The highest BCUT2D eigenvalue weighted by Gasteiger charge is 2.10. The molecule has 21 heavy (non-hydrogen) atoms. The Morgan fingerprint density at radius 1 is 1.00 bits per heavy atom. The second-order valence-electron chi connectivity index (χ2n) is 4.24. The maximum atomic E-state index is 13.4. The number of halogens is 2. The lowest BCUT2D eigenvalue weighted by molar-refractivity contribution is 0.234. The zero-order chi connectivity index (χ0) is 14.7. The summed E-state index contributed by atoms with van der Waals surface area (Å²) in [7, 11) is 0. The number of hydrogen-bond acceptors (Lipinski definition) is 4. The van der Waals surface area contributed by atoms with Crippen LogP contribution in [-0.2, 0) is 6.61 Å². The quantitative estimate of drug-likeness (QED) is 0.736. The van der Waals surface area contributed by atoms with Crippen LogP contribution in [0.5, 0.6) is 5.75 Å². The zero-order valence-corrected chi connectivity index (χ0v) is 10.8. The fourth-order valence-corrected chi connectivity index (χ4v) is 1.73. The van der Waals surface area contributed by atoms with Gasteiger partial charge in [-0.05, 0) is 36.4 Å². The van der Waals surface area contributed by atoms with E-state index in [9.17, 15) is 8.78 Å². The van der Waals surface area contributed by atoms with Crippen molar-refractivity contribution in [2.24, 2.45) is 0 Å². The topological polar surface area (TPSA) is 48.2 Å². The van der Waals surface area contributed by atoms with E-state index >= 15 is 0 Å². The van der Waals surface area contributed by atoms with Gasteiger partial charge in [-0.3, -0.25) is 0 Å². The van der Waals surface area contributed by atoms with Crippen molar-refractivity contribution >= 4 is 0 Å². The molecule has 0 saturated heterocycles. The van der Waals surface area contributed by atoms with Gasteiger partial charge < -0.3 is 9.26 Å². The third-order valence-electron chi connectivity index (χ3n) is 2.76. The van der Waals surface area contributed by atoms with Gasteiger partial charge in [-0.2, -0.15) is 4.98 Å². The summed E-state index contributed by atoms with van der Waals surface area (Å²) < 4.78 is 36.5. The van der Waals surface area contributed by atoms with Crippen LogP contribution in [0.2, 0.25) is 0 Å². The van der Waals surface area contributed by atoms with Crippen LogP contribution in [0.1, 0.15) is 5.89 Å². The van der Waals surface area contributed by atoms with Gasteiger partial charge in [-0.1, -0.05) is 17.3 Å². The molecule has 0 radical (unpaired) electrons. The maximum absolute atomic E-state index is 13.4. The normalized spacial score (nSPS) is 10.6. The Morgan fingerprint density at radius 3 is 2.52 bits per heavy atom. The highest BCUT2D eigenvalue weighted by molar-refractivity contribution is 5.53. The molecule has 2 aromatic carbocycles. The van der Waals surface area contributed by atoms with E-state index in [1.54, 1.807) is 24.3 Å². The largest absolute Gasteiger partial charge is 0.481 e. The summed E-state index contributed by atoms with van der Waals surface area (Å²) >= 11 is 0. The first-order chi connectivity index (χ1) is 10.2. The molecular formula is C15H10F2N2O2. The Bertz CT molecular complexity index is 741. The molecule has 0 saturated carbocycles. The average molecular weight is 288 g/mol. The molecule has 6 heteroatoms. The molecule has 0 bridgehead atoms. The number of aromatic nitrogens is 2. The molecule has 0 aliphatic rings. The Kier molecular flexibility index (Phi) is 3.59. The van der Waals surface area contributed by atoms with Gasteiger partial charge in [0.25, 0.3) is 5.89 Å². The van der Waals surface area contributed by atoms with Crippen LogP contribution in [0.25, 0.3) is 11.4 Å². The SMILES string of the molecule is Fc1ccc(-c2noc(COc3ccccc3F)n2)cc1. The first kappa shape index (κ1) is 13.2. The molecule has 4 nitrogen and oxygen atoms in total. The minimum Gasteiger partial charge on any atom is -0.481 e. The summed E-state index contributed by atoms with van der Waals surface area (Å²) in [5.41, 5.74) is 0.622. The molecule has 0 fully saturated rings. The van der Waals surface area contributed by atoms with Crippen LogP contribution in [0.3, 0.4) is 0 Å². The van der Waals surface area contributed by atoms with Gasteiger partial charge >= 0.3 is 0 Å². The van der Waals surface area contributed by atoms with Gasteiger partial charge in [-0.15, -0.1) is 0 Å². The number of para-hydroxylation sites is 1. The van der Waals surface area contributed by atoms with Crippen molar-refractivity contribution in [2.75, 3.05) is 0 Å². The Morgan fingerprint density at radius 2 is 1.76 bits per heavy atom. The van der Waals surface area contributed by atoms with Gasteiger partial charge in [-0.25, -0.2) is 8.78 Å². The van der Waals surface area contributed by atoms with E-state index in [0.717, 1.165) is 0 Å². The molecular weight excluding hydrogens is 278 g/mol. The van der Waals surface area contributed by atoms with E-state index in [4.69, 9.17) is 9.26 Å². The zero-order valence-electron chi connectivity index (χ0n) is 10.8. The van der Waals surface area contributed by atoms with Crippen molar-refractivity contribution in [3.63, 3.8) is 0 Å². The van der Waals surface area contributed by atoms with Gasteiger partial charge in [0.15, 0.2) is 18.2 Å². The van der Waals surface area contributed by atoms with Crippen molar-refractivity contribution in [2.45, 2.75) is 6.61 Å². The van der Waals surface area contributed by atoms with E-state index < -0.39 is 5.82 Å². The lowest BCUT2D eigenvalue weighted by Crippen LogP contribution is -1.97. The molecule has 0 aliphatic carbocycles. The van der Waals surface area contributed by atoms with Gasteiger partial charge in [0.2, 0.25) is 5.82 Å². The molecule has 0 aliphatic heterocycles. The van der Waals surface area contributed by atoms with E-state index in [-0.39, 0.29) is 24.1 Å². The van der Waals surface area contributed by atoms with Crippen LogP contribution in [0.15, 0.2) is 53.1 Å². The molecule has 0 N–H and O–H groups in total. The Balaban J connectivity index is 1.71. The van der Waals surface area contributed by atoms with Crippen LogP contribution in [0.4, 0.5) is 8.78 Å². The van der Waals surface area contributed by atoms with E-state index in [1.165, 1.54) is 24.3 Å². The van der Waals surface area contributed by atoms with Crippen molar-refractivity contribution in [1.82, 2.24) is 10.1 Å².